The first-order valence-electron chi connectivity index (χ1n) is 7.21. The molecular formula is C16H22N6. The van der Waals surface area contributed by atoms with E-state index in [2.05, 4.69) is 50.5 Å². The standard InChI is InChI=1S/C16H22N6/c1-4-19-16(18-3)20-14-5-7-15(8-6-14)22-11-9-21(10-12-22)13(2)17/h4-8,17H,1,3,9-12H2,2H3,(H,19,20). The summed E-state index contributed by atoms with van der Waals surface area (Å²) < 4.78 is 0. The average molecular weight is 298 g/mol. The van der Waals surface area contributed by atoms with E-state index in [1.54, 1.807) is 0 Å². The maximum Gasteiger partial charge on any atom is 0.226 e. The molecule has 0 saturated carbocycles. The van der Waals surface area contributed by atoms with Crippen LogP contribution in [0.2, 0.25) is 0 Å². The Morgan fingerprint density at radius 3 is 2.36 bits per heavy atom. The lowest BCUT2D eigenvalue weighted by molar-refractivity contribution is 0.382. The van der Waals surface area contributed by atoms with Gasteiger partial charge < -0.3 is 15.1 Å². The highest BCUT2D eigenvalue weighted by molar-refractivity contribution is 5.96. The number of guanidine groups is 1. The van der Waals surface area contributed by atoms with Gasteiger partial charge in [0.15, 0.2) is 0 Å². The van der Waals surface area contributed by atoms with Crippen LogP contribution < -0.4 is 10.2 Å². The van der Waals surface area contributed by atoms with Gasteiger partial charge in [0.25, 0.3) is 0 Å². The van der Waals surface area contributed by atoms with Crippen LogP contribution in [0.4, 0.5) is 11.4 Å². The second kappa shape index (κ2) is 7.40. The smallest absolute Gasteiger partial charge is 0.226 e. The van der Waals surface area contributed by atoms with E-state index in [-0.39, 0.29) is 0 Å². The van der Waals surface area contributed by atoms with Crippen LogP contribution >= 0.6 is 0 Å². The number of nitrogens with one attached hydrogen (secondary N) is 2. The first-order chi connectivity index (χ1) is 10.6. The van der Waals surface area contributed by atoms with Gasteiger partial charge in [-0.3, -0.25) is 5.41 Å². The predicted octanol–water partition coefficient (Wildman–Crippen LogP) is 2.42. The summed E-state index contributed by atoms with van der Waals surface area (Å²) in [5.74, 6) is 1.07. The van der Waals surface area contributed by atoms with Gasteiger partial charge >= 0.3 is 0 Å². The van der Waals surface area contributed by atoms with Gasteiger partial charge in [0.2, 0.25) is 5.96 Å². The molecular weight excluding hydrogens is 276 g/mol. The molecule has 1 fully saturated rings. The summed E-state index contributed by atoms with van der Waals surface area (Å²) in [6.45, 7) is 12.5. The van der Waals surface area contributed by atoms with Gasteiger partial charge in [0.1, 0.15) is 0 Å². The Labute approximate surface area is 131 Å². The minimum atomic E-state index is 0.429. The third-order valence-electron chi connectivity index (χ3n) is 3.61. The summed E-state index contributed by atoms with van der Waals surface area (Å²) >= 11 is 0. The van der Waals surface area contributed by atoms with Crippen LogP contribution in [0.15, 0.2) is 47.0 Å². The van der Waals surface area contributed by atoms with Crippen LogP contribution in [-0.4, -0.2) is 49.6 Å². The fraction of sp³-hybridized carbons (Fsp3) is 0.312. The summed E-state index contributed by atoms with van der Waals surface area (Å²) in [5, 5.41) is 10.7. The molecule has 6 nitrogen and oxygen atoms in total. The predicted molar refractivity (Wildman–Crippen MR) is 94.4 cm³/mol. The molecule has 2 N–H and O–H groups in total. The van der Waals surface area contributed by atoms with E-state index in [0.717, 1.165) is 31.9 Å². The molecule has 0 unspecified atom stereocenters. The maximum absolute atomic E-state index is 7.67. The first-order valence-corrected chi connectivity index (χ1v) is 7.21. The van der Waals surface area contributed by atoms with Gasteiger partial charge in [-0.15, -0.1) is 0 Å². The molecule has 1 aromatic rings. The quantitative estimate of drug-likeness (QED) is 0.665. The van der Waals surface area contributed by atoms with Gasteiger partial charge in [0, 0.05) is 43.8 Å². The highest BCUT2D eigenvalue weighted by Gasteiger charge is 2.17. The molecule has 1 aromatic carbocycles. The van der Waals surface area contributed by atoms with Crippen molar-refractivity contribution >= 4 is 29.9 Å². The van der Waals surface area contributed by atoms with Crippen molar-refractivity contribution in [1.82, 2.24) is 4.90 Å². The monoisotopic (exact) mass is 298 g/mol. The highest BCUT2D eigenvalue weighted by atomic mass is 15.3. The molecule has 0 bridgehead atoms. The van der Waals surface area contributed by atoms with Crippen molar-refractivity contribution in [2.75, 3.05) is 36.4 Å². The molecule has 1 heterocycles. The number of aliphatic imine (C=N–C) groups is 2. The summed E-state index contributed by atoms with van der Waals surface area (Å²) in [5.41, 5.74) is 2.09. The van der Waals surface area contributed by atoms with Crippen LogP contribution in [0.3, 0.4) is 0 Å². The van der Waals surface area contributed by atoms with Crippen LogP contribution in [0.1, 0.15) is 6.92 Å². The molecule has 2 rings (SSSR count). The van der Waals surface area contributed by atoms with Crippen molar-refractivity contribution in [1.29, 1.82) is 5.41 Å². The Hall–Kier alpha value is -2.63. The van der Waals surface area contributed by atoms with Crippen LogP contribution in [0.25, 0.3) is 0 Å². The van der Waals surface area contributed by atoms with Crippen LogP contribution in [-0.2, 0) is 0 Å². The van der Waals surface area contributed by atoms with Gasteiger partial charge in [0.05, 0.1) is 5.84 Å². The topological polar surface area (TPSA) is 67.1 Å². The van der Waals surface area contributed by atoms with Crippen LogP contribution in [0.5, 0.6) is 0 Å². The second-order valence-electron chi connectivity index (χ2n) is 5.02. The molecule has 1 saturated heterocycles. The highest BCUT2D eigenvalue weighted by Crippen LogP contribution is 2.19. The molecule has 0 radical (unpaired) electrons. The van der Waals surface area contributed by atoms with Crippen molar-refractivity contribution in [2.45, 2.75) is 6.92 Å². The largest absolute Gasteiger partial charge is 0.368 e. The summed E-state index contributed by atoms with van der Waals surface area (Å²) in [6, 6.07) is 8.13. The molecule has 116 valence electrons. The molecule has 0 spiro atoms. The molecule has 0 amide bonds. The summed E-state index contributed by atoms with van der Waals surface area (Å²) in [6.07, 6.45) is 1.43. The Bertz CT molecular complexity index is 567. The molecule has 0 aliphatic carbocycles. The van der Waals surface area contributed by atoms with Crippen molar-refractivity contribution < 1.29 is 0 Å². The lowest BCUT2D eigenvalue weighted by Gasteiger charge is -2.36. The zero-order valence-corrected chi connectivity index (χ0v) is 12.9. The second-order valence-corrected chi connectivity index (χ2v) is 5.02. The van der Waals surface area contributed by atoms with E-state index in [4.69, 9.17) is 5.41 Å². The zero-order chi connectivity index (χ0) is 15.9. The number of rotatable bonds is 3. The molecule has 1 aliphatic heterocycles. The fourth-order valence-corrected chi connectivity index (χ4v) is 2.38. The lowest BCUT2D eigenvalue weighted by Crippen LogP contribution is -2.47. The van der Waals surface area contributed by atoms with Gasteiger partial charge in [-0.2, -0.15) is 0 Å². The number of benzene rings is 1. The van der Waals surface area contributed by atoms with Crippen molar-refractivity contribution in [3.63, 3.8) is 0 Å². The van der Waals surface area contributed by atoms with E-state index in [0.29, 0.717) is 11.8 Å². The van der Waals surface area contributed by atoms with E-state index in [1.165, 1.54) is 11.9 Å². The lowest BCUT2D eigenvalue weighted by atomic mass is 10.2. The average Bonchev–Trinajstić information content (AvgIpc) is 2.55. The Kier molecular flexibility index (Phi) is 5.30. The van der Waals surface area contributed by atoms with E-state index >= 15 is 0 Å². The van der Waals surface area contributed by atoms with E-state index < -0.39 is 0 Å². The number of piperazine rings is 1. The number of amidine groups is 1. The zero-order valence-electron chi connectivity index (χ0n) is 12.9. The third-order valence-corrected chi connectivity index (χ3v) is 3.61. The Balaban J connectivity index is 1.98. The Morgan fingerprint density at radius 2 is 1.86 bits per heavy atom. The molecule has 22 heavy (non-hydrogen) atoms. The van der Waals surface area contributed by atoms with Crippen molar-refractivity contribution in [3.05, 3.63) is 37.0 Å². The SMILES string of the molecule is C=CN=C(N=C)Nc1ccc(N2CCN(C(C)=N)CC2)cc1. The van der Waals surface area contributed by atoms with Crippen molar-refractivity contribution in [2.24, 2.45) is 9.98 Å². The number of hydrogen-bond acceptors (Lipinski definition) is 3. The van der Waals surface area contributed by atoms with Gasteiger partial charge in [-0.1, -0.05) is 6.58 Å². The Morgan fingerprint density at radius 1 is 1.23 bits per heavy atom. The number of anilines is 2. The third kappa shape index (κ3) is 3.94. The minimum absolute atomic E-state index is 0.429. The van der Waals surface area contributed by atoms with E-state index in [1.807, 2.05) is 19.1 Å². The van der Waals surface area contributed by atoms with E-state index in [9.17, 15) is 0 Å². The minimum Gasteiger partial charge on any atom is -0.368 e. The fourth-order valence-electron chi connectivity index (χ4n) is 2.38. The number of nitrogens with zero attached hydrogens (tertiary/aromatic N) is 4. The van der Waals surface area contributed by atoms with Gasteiger partial charge in [-0.05, 0) is 37.9 Å². The summed E-state index contributed by atoms with van der Waals surface area (Å²) in [7, 11) is 0. The molecule has 6 heteroatoms. The van der Waals surface area contributed by atoms with Crippen molar-refractivity contribution in [3.8, 4) is 0 Å². The van der Waals surface area contributed by atoms with Gasteiger partial charge in [-0.25, -0.2) is 9.98 Å². The molecule has 0 atom stereocenters. The first kappa shape index (κ1) is 15.8. The normalized spacial score (nSPS) is 15.4. The number of hydrogen-bond donors (Lipinski definition) is 2. The maximum atomic E-state index is 7.67. The molecule has 0 aromatic heterocycles. The molecule has 1 aliphatic rings. The van der Waals surface area contributed by atoms with Crippen LogP contribution in [0, 0.1) is 5.41 Å². The summed E-state index contributed by atoms with van der Waals surface area (Å²) in [4.78, 5) is 12.2.